The van der Waals surface area contributed by atoms with E-state index in [1.165, 1.54) is 0 Å². The largest absolute Gasteiger partial charge is 0.390 e. The number of fused-ring (bicyclic) bond motifs is 5. The van der Waals surface area contributed by atoms with E-state index < -0.39 is 63.3 Å². The minimum Gasteiger partial charge on any atom is -0.390 e. The molecule has 9 heteroatoms. The maximum absolute atomic E-state index is 12.7. The van der Waals surface area contributed by atoms with Gasteiger partial charge in [-0.2, -0.15) is 0 Å². The number of aliphatic hydroxyl groups excluding tert-OH is 2. The van der Waals surface area contributed by atoms with Crippen molar-refractivity contribution in [3.63, 3.8) is 0 Å². The zero-order valence-electron chi connectivity index (χ0n) is 21.6. The van der Waals surface area contributed by atoms with Crippen molar-refractivity contribution in [3.05, 3.63) is 0 Å². The van der Waals surface area contributed by atoms with Crippen molar-refractivity contribution in [2.75, 3.05) is 13.1 Å². The lowest BCUT2D eigenvalue weighted by Gasteiger charge is -2.68. The van der Waals surface area contributed by atoms with Crippen LogP contribution in [0.2, 0.25) is 0 Å². The Morgan fingerprint density at radius 2 is 1.47 bits per heavy atom. The van der Waals surface area contributed by atoms with Crippen LogP contribution in [0.1, 0.15) is 72.1 Å². The second-order valence-corrected chi connectivity index (χ2v) is 14.3. The molecule has 204 valence electrons. The van der Waals surface area contributed by atoms with E-state index in [0.717, 1.165) is 6.42 Å². The highest BCUT2D eigenvalue weighted by atomic mass is 16.7. The predicted molar refractivity (Wildman–Crippen MR) is 126 cm³/mol. The molecule has 7 fully saturated rings. The maximum Gasteiger partial charge on any atom is 0.196 e. The number of nitrogens with zero attached hydrogens (tertiary/aromatic N) is 1. The first-order valence-electron chi connectivity index (χ1n) is 14.0. The number of ether oxygens (including phenoxy) is 1. The molecule has 36 heavy (non-hydrogen) atoms. The van der Waals surface area contributed by atoms with Gasteiger partial charge in [-0.25, -0.2) is 0 Å². The van der Waals surface area contributed by atoms with Crippen LogP contribution in [0.3, 0.4) is 0 Å². The molecule has 3 saturated heterocycles. The first kappa shape index (κ1) is 24.7. The number of rotatable bonds is 0. The molecule has 7 N–H and O–H groups in total. The predicted octanol–water partition coefficient (Wildman–Crippen LogP) is -0.526. The van der Waals surface area contributed by atoms with Gasteiger partial charge in [-0.3, -0.25) is 4.90 Å². The first-order chi connectivity index (χ1) is 16.6. The zero-order valence-corrected chi connectivity index (χ0v) is 21.6. The summed E-state index contributed by atoms with van der Waals surface area (Å²) in [5.74, 6) is -3.30. The smallest absolute Gasteiger partial charge is 0.196 e. The van der Waals surface area contributed by atoms with Crippen molar-refractivity contribution >= 4 is 0 Å². The van der Waals surface area contributed by atoms with E-state index in [2.05, 4.69) is 11.8 Å². The third-order valence-electron chi connectivity index (χ3n) is 13.1. The van der Waals surface area contributed by atoms with Gasteiger partial charge in [0.2, 0.25) is 0 Å². The normalized spacial score (nSPS) is 68.0. The SMILES string of the molecule is C[C@@H]1CC[C@@H]2N(C1)C[C@H]1[C@@](O)([C@H](O)C[C@]3(O)[C@H]4CC[C@H]5[C@]6(O)O[C@@]4(C[C@]13O)[C@@]5(C)CC[C@@H]6O)[C@@]2(C)O. The molecule has 1 spiro atoms. The molecule has 3 aliphatic heterocycles. The van der Waals surface area contributed by atoms with Crippen molar-refractivity contribution in [3.8, 4) is 0 Å². The zero-order chi connectivity index (χ0) is 25.9. The van der Waals surface area contributed by atoms with E-state index in [9.17, 15) is 35.7 Å². The van der Waals surface area contributed by atoms with Crippen LogP contribution in [0.5, 0.6) is 0 Å². The van der Waals surface area contributed by atoms with Gasteiger partial charge in [0.25, 0.3) is 0 Å². The standard InChI is InChI=1S/C27H43NO8/c1-14-4-7-18-22(3,31)26(34)17(12-28(18)11-14)24(33)13-25-16(23(24,32)10-20(26)30)6-5-15-21(25,2)9-8-19(29)27(15,35)36-25/h14-20,29-35H,4-13H2,1-3H3/t14-,15-,16-,17-,18+,19+,20-,21+,22+,23+,24+,25-,26-,27+/m1/s1. The Hall–Kier alpha value is -0.360. The molecule has 7 aliphatic rings. The molecule has 9 nitrogen and oxygen atoms in total. The monoisotopic (exact) mass is 509 g/mol. The van der Waals surface area contributed by atoms with Gasteiger partial charge in [0.15, 0.2) is 5.79 Å². The van der Waals surface area contributed by atoms with Gasteiger partial charge in [-0.15, -0.1) is 0 Å². The van der Waals surface area contributed by atoms with Crippen molar-refractivity contribution in [2.45, 2.75) is 124 Å². The minimum absolute atomic E-state index is 0.0208. The summed E-state index contributed by atoms with van der Waals surface area (Å²) in [4.78, 5) is 2.12. The van der Waals surface area contributed by atoms with Crippen LogP contribution in [-0.2, 0) is 4.74 Å². The highest BCUT2D eigenvalue weighted by Gasteiger charge is 2.88. The second-order valence-electron chi connectivity index (χ2n) is 14.3. The van der Waals surface area contributed by atoms with E-state index in [0.29, 0.717) is 44.6 Å². The van der Waals surface area contributed by atoms with Crippen LogP contribution in [0.25, 0.3) is 0 Å². The van der Waals surface area contributed by atoms with E-state index in [4.69, 9.17) is 4.74 Å². The van der Waals surface area contributed by atoms with Gasteiger partial charge in [-0.1, -0.05) is 13.8 Å². The Morgan fingerprint density at radius 3 is 2.19 bits per heavy atom. The molecule has 0 aromatic heterocycles. The number of hydrogen-bond acceptors (Lipinski definition) is 9. The molecular formula is C27H43NO8. The molecule has 7 rings (SSSR count). The number of piperidine rings is 2. The molecule has 0 amide bonds. The molecule has 4 aliphatic carbocycles. The highest BCUT2D eigenvalue weighted by molar-refractivity contribution is 5.37. The van der Waals surface area contributed by atoms with Crippen LogP contribution >= 0.6 is 0 Å². The molecule has 0 aromatic rings. The van der Waals surface area contributed by atoms with Crippen molar-refractivity contribution in [1.29, 1.82) is 0 Å². The molecule has 0 radical (unpaired) electrons. The van der Waals surface area contributed by atoms with E-state index in [1.54, 1.807) is 6.92 Å². The third-order valence-corrected chi connectivity index (χ3v) is 13.1. The summed E-state index contributed by atoms with van der Waals surface area (Å²) in [6, 6.07) is -0.360. The summed E-state index contributed by atoms with van der Waals surface area (Å²) >= 11 is 0. The molecule has 4 saturated carbocycles. The van der Waals surface area contributed by atoms with Crippen LogP contribution in [-0.4, -0.2) is 106 Å². The van der Waals surface area contributed by atoms with E-state index in [-0.39, 0.29) is 31.3 Å². The minimum atomic E-state index is -2.02. The molecule has 4 bridgehead atoms. The molecule has 14 atom stereocenters. The summed E-state index contributed by atoms with van der Waals surface area (Å²) in [7, 11) is 0. The maximum atomic E-state index is 12.7. The fourth-order valence-electron chi connectivity index (χ4n) is 11.3. The summed E-state index contributed by atoms with van der Waals surface area (Å²) in [5.41, 5.74) is -9.07. The van der Waals surface area contributed by atoms with Gasteiger partial charge in [0.1, 0.15) is 28.5 Å². The van der Waals surface area contributed by atoms with Crippen molar-refractivity contribution in [1.82, 2.24) is 4.90 Å². The Morgan fingerprint density at radius 1 is 0.778 bits per heavy atom. The van der Waals surface area contributed by atoms with E-state index >= 15 is 0 Å². The van der Waals surface area contributed by atoms with Crippen molar-refractivity contribution in [2.24, 2.45) is 29.1 Å². The third kappa shape index (κ3) is 2.27. The number of aliphatic hydroxyl groups is 7. The lowest BCUT2D eigenvalue weighted by molar-refractivity contribution is -0.354. The Bertz CT molecular complexity index is 995. The van der Waals surface area contributed by atoms with E-state index in [1.807, 2.05) is 6.92 Å². The Labute approximate surface area is 212 Å². The first-order valence-corrected chi connectivity index (χ1v) is 14.0. The van der Waals surface area contributed by atoms with Crippen LogP contribution in [0, 0.1) is 29.1 Å². The average Bonchev–Trinajstić information content (AvgIpc) is 2.97. The molecule has 0 unspecified atom stereocenters. The van der Waals surface area contributed by atoms with Crippen molar-refractivity contribution < 1.29 is 40.5 Å². The summed E-state index contributed by atoms with van der Waals surface area (Å²) in [5, 5.41) is 83.2. The quantitative estimate of drug-likeness (QED) is 0.228. The lowest BCUT2D eigenvalue weighted by atomic mass is 9.49. The Balaban J connectivity index is 1.39. The summed E-state index contributed by atoms with van der Waals surface area (Å²) < 4.78 is 6.52. The molecule has 0 aromatic carbocycles. The summed E-state index contributed by atoms with van der Waals surface area (Å²) in [6.45, 7) is 6.70. The molecule has 3 heterocycles. The fraction of sp³-hybridized carbons (Fsp3) is 1.00. The Kier molecular flexibility index (Phi) is 4.57. The van der Waals surface area contributed by atoms with Crippen LogP contribution < -0.4 is 0 Å². The van der Waals surface area contributed by atoms with Gasteiger partial charge in [0.05, 0.1) is 11.7 Å². The average molecular weight is 510 g/mol. The van der Waals surface area contributed by atoms with Crippen LogP contribution in [0.4, 0.5) is 0 Å². The van der Waals surface area contributed by atoms with Gasteiger partial charge < -0.3 is 40.5 Å². The highest BCUT2D eigenvalue weighted by Crippen LogP contribution is 2.78. The number of hydrogen-bond donors (Lipinski definition) is 7. The molecular weight excluding hydrogens is 466 g/mol. The van der Waals surface area contributed by atoms with Crippen LogP contribution in [0.15, 0.2) is 0 Å². The van der Waals surface area contributed by atoms with Gasteiger partial charge in [-0.05, 0) is 51.4 Å². The lowest BCUT2D eigenvalue weighted by Crippen LogP contribution is -2.85. The van der Waals surface area contributed by atoms with Gasteiger partial charge >= 0.3 is 0 Å². The summed E-state index contributed by atoms with van der Waals surface area (Å²) in [6.07, 6.45) is 0.752. The van der Waals surface area contributed by atoms with Gasteiger partial charge in [0, 0.05) is 55.1 Å². The second kappa shape index (κ2) is 6.67. The topological polar surface area (TPSA) is 154 Å². The fourth-order valence-corrected chi connectivity index (χ4v) is 11.3.